The summed E-state index contributed by atoms with van der Waals surface area (Å²) in [6.45, 7) is 4.85. The molecular weight excluding hydrogens is 648 g/mol. The molecule has 0 spiro atoms. The van der Waals surface area contributed by atoms with Gasteiger partial charge in [-0.05, 0) is 79.9 Å². The molecule has 0 radical (unpaired) electrons. The van der Waals surface area contributed by atoms with Gasteiger partial charge in [0.1, 0.15) is 18.4 Å². The normalized spacial score (nSPS) is 12.7. The van der Waals surface area contributed by atoms with Crippen molar-refractivity contribution in [1.29, 1.82) is 0 Å². The Labute approximate surface area is 280 Å². The lowest BCUT2D eigenvalue weighted by Gasteiger charge is -2.34. The molecule has 0 aliphatic heterocycles. The van der Waals surface area contributed by atoms with Gasteiger partial charge >= 0.3 is 0 Å². The topological polar surface area (TPSA) is 86.8 Å². The highest BCUT2D eigenvalue weighted by Crippen LogP contribution is 2.27. The van der Waals surface area contributed by atoms with Gasteiger partial charge in [0.15, 0.2) is 0 Å². The number of halogens is 3. The number of aryl methyl sites for hydroxylation is 1. The molecule has 46 heavy (non-hydrogen) atoms. The third-order valence-electron chi connectivity index (χ3n) is 7.63. The monoisotopic (exact) mass is 683 g/mol. The Bertz CT molecular complexity index is 1760. The molecule has 2 amide bonds. The summed E-state index contributed by atoms with van der Waals surface area (Å²) in [6.07, 6.45) is 0.815. The van der Waals surface area contributed by atoms with Crippen molar-refractivity contribution < 1.29 is 22.4 Å². The Morgan fingerprint density at radius 1 is 0.913 bits per heavy atom. The number of nitrogens with one attached hydrogen (secondary N) is 1. The van der Waals surface area contributed by atoms with E-state index in [1.54, 1.807) is 30.3 Å². The molecule has 0 aromatic heterocycles. The molecule has 0 aliphatic carbocycles. The van der Waals surface area contributed by atoms with Crippen molar-refractivity contribution in [2.24, 2.45) is 0 Å². The van der Waals surface area contributed by atoms with Crippen molar-refractivity contribution in [2.75, 3.05) is 10.8 Å². The number of rotatable bonds is 13. The summed E-state index contributed by atoms with van der Waals surface area (Å²) < 4.78 is 43.0. The Morgan fingerprint density at radius 3 is 2.17 bits per heavy atom. The maximum Gasteiger partial charge on any atom is 0.264 e. The zero-order valence-corrected chi connectivity index (χ0v) is 28.1. The molecule has 0 fully saturated rings. The van der Waals surface area contributed by atoms with Crippen LogP contribution in [-0.4, -0.2) is 43.8 Å². The summed E-state index contributed by atoms with van der Waals surface area (Å²) in [5.74, 6) is -1.62. The van der Waals surface area contributed by atoms with Crippen LogP contribution in [-0.2, 0) is 32.6 Å². The van der Waals surface area contributed by atoms with Crippen molar-refractivity contribution in [3.8, 4) is 0 Å². The lowest BCUT2D eigenvalue weighted by Crippen LogP contribution is -2.54. The standard InChI is InChI=1S/C35H36Cl2FN3O4S/c1-4-25(3)39-35(43)33(20-26-8-6-5-7-9-26)40(22-27-12-13-28(36)21-32(27)37)34(42)23-41(30-16-14-29(38)15-17-30)46(44,45)31-18-10-24(2)11-19-31/h5-19,21,25,33H,4,20,22-23H2,1-3H3,(H,39,43)/t25-,33+/m0/s1. The first-order valence-corrected chi connectivity index (χ1v) is 17.0. The smallest absolute Gasteiger partial charge is 0.264 e. The van der Waals surface area contributed by atoms with E-state index >= 15 is 0 Å². The largest absolute Gasteiger partial charge is 0.352 e. The second kappa shape index (κ2) is 15.6. The molecule has 1 N–H and O–H groups in total. The SMILES string of the molecule is CC[C@H](C)NC(=O)[C@@H](Cc1ccccc1)N(Cc1ccc(Cl)cc1Cl)C(=O)CN(c1ccc(F)cc1)S(=O)(=O)c1ccc(C)cc1. The number of nitrogens with zero attached hydrogens (tertiary/aromatic N) is 2. The average molecular weight is 685 g/mol. The molecule has 0 heterocycles. The summed E-state index contributed by atoms with van der Waals surface area (Å²) in [5, 5.41) is 3.67. The van der Waals surface area contributed by atoms with Crippen LogP contribution in [0.2, 0.25) is 10.0 Å². The zero-order valence-electron chi connectivity index (χ0n) is 25.8. The van der Waals surface area contributed by atoms with Gasteiger partial charge in [0.05, 0.1) is 10.6 Å². The molecule has 242 valence electrons. The number of hydrogen-bond donors (Lipinski definition) is 1. The molecule has 0 unspecified atom stereocenters. The maximum absolute atomic E-state index is 14.5. The highest BCUT2D eigenvalue weighted by Gasteiger charge is 2.35. The summed E-state index contributed by atoms with van der Waals surface area (Å²) in [7, 11) is -4.31. The fourth-order valence-corrected chi connectivity index (χ4v) is 6.68. The van der Waals surface area contributed by atoms with Crippen molar-refractivity contribution in [3.63, 3.8) is 0 Å². The summed E-state index contributed by atoms with van der Waals surface area (Å²) in [6, 6.07) is 23.9. The third-order valence-corrected chi connectivity index (χ3v) is 10.0. The number of anilines is 1. The van der Waals surface area contributed by atoms with Gasteiger partial charge in [-0.1, -0.05) is 84.2 Å². The Morgan fingerprint density at radius 2 is 1.57 bits per heavy atom. The van der Waals surface area contributed by atoms with Crippen LogP contribution in [0.5, 0.6) is 0 Å². The van der Waals surface area contributed by atoms with Crippen LogP contribution < -0.4 is 9.62 Å². The first-order valence-electron chi connectivity index (χ1n) is 14.8. The zero-order chi connectivity index (χ0) is 33.4. The van der Waals surface area contributed by atoms with E-state index in [0.717, 1.165) is 27.6 Å². The van der Waals surface area contributed by atoms with Crippen LogP contribution in [0.15, 0.2) is 102 Å². The van der Waals surface area contributed by atoms with E-state index in [9.17, 15) is 22.4 Å². The van der Waals surface area contributed by atoms with Crippen LogP contribution >= 0.6 is 23.2 Å². The molecule has 0 saturated heterocycles. The van der Waals surface area contributed by atoms with E-state index in [-0.39, 0.29) is 34.6 Å². The van der Waals surface area contributed by atoms with Gasteiger partial charge in [0.25, 0.3) is 10.0 Å². The van der Waals surface area contributed by atoms with Gasteiger partial charge in [-0.15, -0.1) is 0 Å². The Kier molecular flexibility index (Phi) is 11.8. The molecule has 4 rings (SSSR count). The van der Waals surface area contributed by atoms with Crippen molar-refractivity contribution in [2.45, 2.75) is 57.1 Å². The molecule has 0 saturated carbocycles. The number of sulfonamides is 1. The number of carbonyl (C=O) groups excluding carboxylic acids is 2. The van der Waals surface area contributed by atoms with E-state index in [1.807, 2.05) is 51.1 Å². The number of benzene rings is 4. The summed E-state index contributed by atoms with van der Waals surface area (Å²) in [5.41, 5.74) is 2.26. The second-order valence-corrected chi connectivity index (χ2v) is 13.8. The molecule has 7 nitrogen and oxygen atoms in total. The summed E-state index contributed by atoms with van der Waals surface area (Å²) in [4.78, 5) is 29.7. The van der Waals surface area contributed by atoms with E-state index in [2.05, 4.69) is 5.32 Å². The molecule has 0 bridgehead atoms. The van der Waals surface area contributed by atoms with E-state index in [4.69, 9.17) is 23.2 Å². The van der Waals surface area contributed by atoms with E-state index in [1.165, 1.54) is 29.2 Å². The molecule has 2 atom stereocenters. The van der Waals surface area contributed by atoms with Gasteiger partial charge in [-0.2, -0.15) is 0 Å². The lowest BCUT2D eigenvalue weighted by atomic mass is 10.0. The van der Waals surface area contributed by atoms with Gasteiger partial charge in [-0.25, -0.2) is 12.8 Å². The second-order valence-electron chi connectivity index (χ2n) is 11.1. The van der Waals surface area contributed by atoms with Crippen LogP contribution in [0.4, 0.5) is 10.1 Å². The fraction of sp³-hybridized carbons (Fsp3) is 0.257. The number of carbonyl (C=O) groups is 2. The molecule has 11 heteroatoms. The highest BCUT2D eigenvalue weighted by atomic mass is 35.5. The van der Waals surface area contributed by atoms with Crippen molar-refractivity contribution in [1.82, 2.24) is 10.2 Å². The minimum atomic E-state index is -4.31. The maximum atomic E-state index is 14.5. The highest BCUT2D eigenvalue weighted by molar-refractivity contribution is 7.92. The van der Waals surface area contributed by atoms with Crippen LogP contribution in [0.25, 0.3) is 0 Å². The quantitative estimate of drug-likeness (QED) is 0.162. The van der Waals surface area contributed by atoms with Crippen LogP contribution in [0, 0.1) is 12.7 Å². The first kappa shape index (κ1) is 34.9. The Balaban J connectivity index is 1.82. The van der Waals surface area contributed by atoms with E-state index in [0.29, 0.717) is 17.0 Å². The van der Waals surface area contributed by atoms with E-state index < -0.39 is 40.2 Å². The van der Waals surface area contributed by atoms with Crippen LogP contribution in [0.1, 0.15) is 37.0 Å². The molecule has 0 aliphatic rings. The first-order chi connectivity index (χ1) is 21.9. The van der Waals surface area contributed by atoms with Gasteiger partial charge < -0.3 is 10.2 Å². The summed E-state index contributed by atoms with van der Waals surface area (Å²) >= 11 is 12.7. The minimum Gasteiger partial charge on any atom is -0.352 e. The predicted octanol–water partition coefficient (Wildman–Crippen LogP) is 7.19. The fourth-order valence-electron chi connectivity index (χ4n) is 4.80. The number of amides is 2. The average Bonchev–Trinajstić information content (AvgIpc) is 3.03. The molecular formula is C35H36Cl2FN3O4S. The number of hydrogen-bond acceptors (Lipinski definition) is 4. The Hall–Kier alpha value is -3.92. The molecule has 4 aromatic carbocycles. The van der Waals surface area contributed by atoms with Crippen LogP contribution in [0.3, 0.4) is 0 Å². The van der Waals surface area contributed by atoms with Gasteiger partial charge in [-0.3, -0.25) is 13.9 Å². The van der Waals surface area contributed by atoms with Crippen molar-refractivity contribution in [3.05, 3.63) is 130 Å². The third kappa shape index (κ3) is 8.87. The van der Waals surface area contributed by atoms with Gasteiger partial charge in [0, 0.05) is 29.1 Å². The minimum absolute atomic E-state index is 0.0436. The van der Waals surface area contributed by atoms with Gasteiger partial charge in [0.2, 0.25) is 11.8 Å². The molecule has 4 aromatic rings. The van der Waals surface area contributed by atoms with Crippen molar-refractivity contribution >= 4 is 50.7 Å². The predicted molar refractivity (Wildman–Crippen MR) is 181 cm³/mol. The lowest BCUT2D eigenvalue weighted by molar-refractivity contribution is -0.140.